The summed E-state index contributed by atoms with van der Waals surface area (Å²) in [4.78, 5) is 10.1. The number of benzene rings is 9. The zero-order valence-electron chi connectivity index (χ0n) is 31.9. The van der Waals surface area contributed by atoms with Crippen molar-refractivity contribution in [1.82, 2.24) is 9.97 Å². The molecule has 0 unspecified atom stereocenters. The fraction of sp³-hybridized carbons (Fsp3) is 0.0545. The molecule has 0 fully saturated rings. The van der Waals surface area contributed by atoms with Crippen molar-refractivity contribution < 1.29 is 0 Å². The molecule has 0 bridgehead atoms. The second kappa shape index (κ2) is 13.0. The summed E-state index contributed by atoms with van der Waals surface area (Å²) in [6.45, 7) is 4.72. The van der Waals surface area contributed by atoms with E-state index in [9.17, 15) is 0 Å². The predicted octanol–water partition coefficient (Wildman–Crippen LogP) is 14.6. The molecule has 0 amide bonds. The van der Waals surface area contributed by atoms with Crippen LogP contribution in [0.25, 0.3) is 99.6 Å². The molecule has 1 aliphatic rings. The Hall–Kier alpha value is -7.16. The number of aromatic nitrogens is 2. The lowest BCUT2D eigenvalue weighted by molar-refractivity contribution is 0.660. The van der Waals surface area contributed by atoms with Crippen molar-refractivity contribution >= 4 is 32.3 Å². The molecule has 2 heteroatoms. The Morgan fingerprint density at radius 1 is 0.316 bits per heavy atom. The van der Waals surface area contributed by atoms with Gasteiger partial charge in [-0.2, -0.15) is 0 Å². The quantitative estimate of drug-likeness (QED) is 0.165. The molecule has 10 aromatic rings. The summed E-state index contributed by atoms with van der Waals surface area (Å²) in [6.07, 6.45) is 0. The van der Waals surface area contributed by atoms with Crippen LogP contribution in [0.4, 0.5) is 0 Å². The van der Waals surface area contributed by atoms with E-state index in [1.165, 1.54) is 71.3 Å². The molecule has 268 valence electrons. The van der Waals surface area contributed by atoms with E-state index in [4.69, 9.17) is 9.97 Å². The third-order valence-electron chi connectivity index (χ3n) is 12.1. The number of hydrogen-bond donors (Lipinski definition) is 0. The predicted molar refractivity (Wildman–Crippen MR) is 239 cm³/mol. The van der Waals surface area contributed by atoms with Crippen molar-refractivity contribution in [1.29, 1.82) is 0 Å². The topological polar surface area (TPSA) is 25.8 Å². The molecule has 1 aromatic heterocycles. The summed E-state index contributed by atoms with van der Waals surface area (Å²) in [5, 5.41) is 7.62. The second-order valence-electron chi connectivity index (χ2n) is 15.7. The van der Waals surface area contributed by atoms with Gasteiger partial charge in [0.1, 0.15) is 0 Å². The minimum Gasteiger partial charge on any atom is -0.228 e. The normalized spacial score (nSPS) is 12.9. The van der Waals surface area contributed by atoms with Crippen molar-refractivity contribution in [3.8, 4) is 67.3 Å². The molecule has 0 atom stereocenters. The Kier molecular flexibility index (Phi) is 7.55. The van der Waals surface area contributed by atoms with E-state index >= 15 is 0 Å². The molecule has 2 nitrogen and oxygen atoms in total. The smallest absolute Gasteiger partial charge is 0.160 e. The summed E-state index contributed by atoms with van der Waals surface area (Å²) in [5.41, 5.74) is 15.2. The maximum absolute atomic E-state index is 5.13. The largest absolute Gasteiger partial charge is 0.228 e. The van der Waals surface area contributed by atoms with Gasteiger partial charge in [0.2, 0.25) is 0 Å². The first kappa shape index (κ1) is 33.2. The lowest BCUT2D eigenvalue weighted by Crippen LogP contribution is -2.14. The van der Waals surface area contributed by atoms with Crippen LogP contribution in [-0.4, -0.2) is 9.97 Å². The van der Waals surface area contributed by atoms with Crippen molar-refractivity contribution in [2.75, 3.05) is 0 Å². The van der Waals surface area contributed by atoms with Crippen LogP contribution in [0.3, 0.4) is 0 Å². The number of fused-ring (bicyclic) bond motifs is 9. The zero-order chi connectivity index (χ0) is 38.1. The summed E-state index contributed by atoms with van der Waals surface area (Å²) >= 11 is 0. The summed E-state index contributed by atoms with van der Waals surface area (Å²) in [5.74, 6) is 0.716. The first-order valence-electron chi connectivity index (χ1n) is 19.7. The van der Waals surface area contributed by atoms with E-state index in [0.717, 1.165) is 33.6 Å². The lowest BCUT2D eigenvalue weighted by Gasteiger charge is -2.22. The van der Waals surface area contributed by atoms with Crippen LogP contribution in [0.5, 0.6) is 0 Å². The van der Waals surface area contributed by atoms with Gasteiger partial charge in [0.15, 0.2) is 5.82 Å². The van der Waals surface area contributed by atoms with Crippen LogP contribution < -0.4 is 0 Å². The first-order valence-corrected chi connectivity index (χ1v) is 19.7. The van der Waals surface area contributed by atoms with Gasteiger partial charge in [0.25, 0.3) is 0 Å². The highest BCUT2D eigenvalue weighted by atomic mass is 14.9. The van der Waals surface area contributed by atoms with Gasteiger partial charge in [-0.15, -0.1) is 0 Å². The highest BCUT2D eigenvalue weighted by Crippen LogP contribution is 2.50. The Morgan fingerprint density at radius 2 is 0.860 bits per heavy atom. The van der Waals surface area contributed by atoms with Crippen LogP contribution in [0.15, 0.2) is 194 Å². The van der Waals surface area contributed by atoms with Crippen molar-refractivity contribution in [3.05, 3.63) is 205 Å². The van der Waals surface area contributed by atoms with Crippen molar-refractivity contribution in [2.24, 2.45) is 0 Å². The minimum absolute atomic E-state index is 0.0667. The van der Waals surface area contributed by atoms with Crippen LogP contribution in [0.1, 0.15) is 25.0 Å². The zero-order valence-corrected chi connectivity index (χ0v) is 31.9. The van der Waals surface area contributed by atoms with Crippen molar-refractivity contribution in [2.45, 2.75) is 19.3 Å². The molecular weight excluding hydrogens is 689 g/mol. The highest BCUT2D eigenvalue weighted by molar-refractivity contribution is 6.28. The van der Waals surface area contributed by atoms with Gasteiger partial charge in [-0.1, -0.05) is 184 Å². The molecule has 0 N–H and O–H groups in total. The van der Waals surface area contributed by atoms with Crippen LogP contribution in [-0.2, 0) is 5.41 Å². The number of nitrogens with zero attached hydrogens (tertiary/aromatic N) is 2. The first-order chi connectivity index (χ1) is 28.0. The monoisotopic (exact) mass is 726 g/mol. The summed E-state index contributed by atoms with van der Waals surface area (Å²) in [7, 11) is 0. The van der Waals surface area contributed by atoms with Gasteiger partial charge in [-0.3, -0.25) is 0 Å². The SMILES string of the molecule is CC1(C)c2ccccc2-c2ccc(-c3cccc4c5ccccc5c5cc(-c6cccc(-c7cc(-c8ccccc8)nc(-c8ccccc8)n7)c6)ccc5c34)cc21. The molecule has 1 heterocycles. The average molecular weight is 727 g/mol. The van der Waals surface area contributed by atoms with E-state index in [1.807, 2.05) is 24.3 Å². The van der Waals surface area contributed by atoms with Gasteiger partial charge >= 0.3 is 0 Å². The third kappa shape index (κ3) is 5.40. The maximum Gasteiger partial charge on any atom is 0.160 e. The van der Waals surface area contributed by atoms with Gasteiger partial charge in [0, 0.05) is 22.1 Å². The molecular formula is C55H38N2. The molecule has 0 saturated carbocycles. The van der Waals surface area contributed by atoms with E-state index in [0.29, 0.717) is 5.82 Å². The highest BCUT2D eigenvalue weighted by Gasteiger charge is 2.35. The standard InChI is InChI=1S/C55H38N2/c1-55(2)49-26-12-11-23-44(49)45-29-28-39(33-50(45)55)41-24-14-25-46-42-21-9-10-22-43(42)48-32-38(27-30-47(48)53(41)46)37-19-13-20-40(31-37)52-34-51(35-15-5-3-6-16-35)56-54(57-52)36-17-7-4-8-18-36/h3-34H,1-2H3. The van der Waals surface area contributed by atoms with Crippen molar-refractivity contribution in [3.63, 3.8) is 0 Å². The van der Waals surface area contributed by atoms with Gasteiger partial charge in [-0.25, -0.2) is 9.97 Å². The summed E-state index contributed by atoms with van der Waals surface area (Å²) in [6, 6.07) is 70.2. The maximum atomic E-state index is 5.13. The lowest BCUT2D eigenvalue weighted by atomic mass is 9.81. The van der Waals surface area contributed by atoms with E-state index in [2.05, 4.69) is 184 Å². The Morgan fingerprint density at radius 3 is 1.67 bits per heavy atom. The molecule has 0 radical (unpaired) electrons. The number of hydrogen-bond acceptors (Lipinski definition) is 2. The van der Waals surface area contributed by atoms with Crippen LogP contribution in [0, 0.1) is 0 Å². The molecule has 0 saturated heterocycles. The Labute approximate surface area is 332 Å². The number of rotatable bonds is 5. The average Bonchev–Trinajstić information content (AvgIpc) is 3.51. The fourth-order valence-corrected chi connectivity index (χ4v) is 9.22. The Balaban J connectivity index is 1.07. The van der Waals surface area contributed by atoms with E-state index in [-0.39, 0.29) is 5.41 Å². The van der Waals surface area contributed by atoms with Gasteiger partial charge in [0.05, 0.1) is 11.4 Å². The fourth-order valence-electron chi connectivity index (χ4n) is 9.22. The minimum atomic E-state index is -0.0667. The van der Waals surface area contributed by atoms with Gasteiger partial charge < -0.3 is 0 Å². The molecule has 57 heavy (non-hydrogen) atoms. The van der Waals surface area contributed by atoms with Gasteiger partial charge in [-0.05, 0) is 101 Å². The molecule has 11 rings (SSSR count). The second-order valence-corrected chi connectivity index (χ2v) is 15.7. The third-order valence-corrected chi connectivity index (χ3v) is 12.1. The molecule has 0 aliphatic heterocycles. The molecule has 9 aromatic carbocycles. The van der Waals surface area contributed by atoms with E-state index in [1.54, 1.807) is 0 Å². The van der Waals surface area contributed by atoms with Crippen LogP contribution in [0.2, 0.25) is 0 Å². The summed E-state index contributed by atoms with van der Waals surface area (Å²) < 4.78 is 0. The van der Waals surface area contributed by atoms with E-state index < -0.39 is 0 Å². The Bertz CT molecular complexity index is 3140. The molecule has 1 aliphatic carbocycles. The molecule has 0 spiro atoms. The van der Waals surface area contributed by atoms with Crippen LogP contribution >= 0.6 is 0 Å².